The summed E-state index contributed by atoms with van der Waals surface area (Å²) in [6, 6.07) is 3.53. The number of nitrogens with zero attached hydrogens (tertiary/aromatic N) is 3. The van der Waals surface area contributed by atoms with E-state index in [1.54, 1.807) is 6.20 Å². The number of Topliss-reactive ketones (excluding diaryl/α,β-unsaturated/α-hetero) is 1. The van der Waals surface area contributed by atoms with Crippen LogP contribution in [0.4, 0.5) is 11.5 Å². The van der Waals surface area contributed by atoms with Crippen LogP contribution in [0.15, 0.2) is 29.1 Å². The van der Waals surface area contributed by atoms with Crippen LogP contribution in [0.1, 0.15) is 48.0 Å². The lowest BCUT2D eigenvalue weighted by Gasteiger charge is -2.25. The number of ketones is 1. The Morgan fingerprint density at radius 3 is 3.00 bits per heavy atom. The lowest BCUT2D eigenvalue weighted by atomic mass is 9.94. The van der Waals surface area contributed by atoms with E-state index in [1.165, 1.54) is 6.33 Å². The van der Waals surface area contributed by atoms with Crippen LogP contribution in [0.5, 0.6) is 0 Å². The van der Waals surface area contributed by atoms with Gasteiger partial charge in [-0.15, -0.1) is 0 Å². The molecule has 0 radical (unpaired) electrons. The molecule has 138 valence electrons. The minimum atomic E-state index is -0.314. The Morgan fingerprint density at radius 2 is 2.19 bits per heavy atom. The van der Waals surface area contributed by atoms with Crippen molar-refractivity contribution in [1.29, 1.82) is 0 Å². The Hall–Kier alpha value is -2.96. The van der Waals surface area contributed by atoms with Crippen LogP contribution in [0.3, 0.4) is 0 Å². The third-order valence-corrected chi connectivity index (χ3v) is 5.54. The molecular formula is C20H21N5O2. The summed E-state index contributed by atoms with van der Waals surface area (Å²) < 4.78 is 5.80. The molecule has 2 N–H and O–H groups in total. The maximum Gasteiger partial charge on any atom is 0.232 e. The summed E-state index contributed by atoms with van der Waals surface area (Å²) >= 11 is 0. The average molecular weight is 363 g/mol. The van der Waals surface area contributed by atoms with E-state index in [-0.39, 0.29) is 17.4 Å². The van der Waals surface area contributed by atoms with Crippen molar-refractivity contribution in [2.75, 3.05) is 10.6 Å². The summed E-state index contributed by atoms with van der Waals surface area (Å²) in [6.07, 6.45) is 6.91. The van der Waals surface area contributed by atoms with Crippen molar-refractivity contribution < 1.29 is 9.21 Å². The number of carbonyl (C=O) groups excluding carboxylic acids is 1. The smallest absolute Gasteiger partial charge is 0.232 e. The van der Waals surface area contributed by atoms with Gasteiger partial charge in [-0.3, -0.25) is 9.78 Å². The molecule has 0 saturated heterocycles. The van der Waals surface area contributed by atoms with Gasteiger partial charge in [-0.1, -0.05) is 0 Å². The summed E-state index contributed by atoms with van der Waals surface area (Å²) in [5, 5.41) is 7.50. The van der Waals surface area contributed by atoms with E-state index in [4.69, 9.17) is 4.42 Å². The second kappa shape index (κ2) is 5.77. The van der Waals surface area contributed by atoms with Gasteiger partial charge in [0, 0.05) is 11.7 Å². The van der Waals surface area contributed by atoms with Gasteiger partial charge in [-0.05, 0) is 51.7 Å². The first-order chi connectivity index (χ1) is 13.0. The Labute approximate surface area is 156 Å². The molecule has 1 aliphatic carbocycles. The third-order valence-electron chi connectivity index (χ3n) is 5.54. The van der Waals surface area contributed by atoms with Gasteiger partial charge in [0.15, 0.2) is 5.78 Å². The van der Waals surface area contributed by atoms with Crippen molar-refractivity contribution in [2.24, 2.45) is 0 Å². The van der Waals surface area contributed by atoms with Gasteiger partial charge in [-0.25, -0.2) is 9.97 Å². The normalized spacial score (nSPS) is 20.0. The number of furan rings is 1. The molecule has 27 heavy (non-hydrogen) atoms. The molecule has 0 aromatic carbocycles. The molecule has 1 fully saturated rings. The molecule has 1 atom stereocenters. The standard InChI is InChI=1S/C20H21N5O2/c1-11-15(17(26)14-6-5-12-13(24-14)4-3-9-21-12)16-18(25-20(2)7-8-20)22-10-23-19(16)27-11/h3-4,9-10,14,24H,5-8H2,1-2H3,(H,22,23,25). The highest BCUT2D eigenvalue weighted by atomic mass is 16.3. The number of carbonyl (C=O) groups is 1. The third kappa shape index (κ3) is 2.74. The van der Waals surface area contributed by atoms with Gasteiger partial charge in [0.1, 0.15) is 17.9 Å². The molecular weight excluding hydrogens is 342 g/mol. The van der Waals surface area contributed by atoms with Gasteiger partial charge >= 0.3 is 0 Å². The fourth-order valence-electron chi connectivity index (χ4n) is 3.71. The van der Waals surface area contributed by atoms with Crippen LogP contribution in [0.25, 0.3) is 11.1 Å². The number of hydrogen-bond donors (Lipinski definition) is 2. The van der Waals surface area contributed by atoms with E-state index in [0.29, 0.717) is 34.7 Å². The van der Waals surface area contributed by atoms with Gasteiger partial charge in [0.2, 0.25) is 5.71 Å². The number of fused-ring (bicyclic) bond motifs is 2. The highest BCUT2D eigenvalue weighted by Crippen LogP contribution is 2.40. The van der Waals surface area contributed by atoms with Gasteiger partial charge in [0.25, 0.3) is 0 Å². The molecule has 5 rings (SSSR count). The number of hydrogen-bond acceptors (Lipinski definition) is 7. The minimum Gasteiger partial charge on any atom is -0.442 e. The molecule has 7 nitrogen and oxygen atoms in total. The predicted molar refractivity (Wildman–Crippen MR) is 102 cm³/mol. The minimum absolute atomic E-state index is 0.0135. The summed E-state index contributed by atoms with van der Waals surface area (Å²) in [6.45, 7) is 3.97. The zero-order chi connectivity index (χ0) is 18.6. The maximum atomic E-state index is 13.4. The second-order valence-corrected chi connectivity index (χ2v) is 7.72. The number of aryl methyl sites for hydroxylation is 2. The van der Waals surface area contributed by atoms with Crippen LogP contribution in [0.2, 0.25) is 0 Å². The van der Waals surface area contributed by atoms with Gasteiger partial charge in [0.05, 0.1) is 28.4 Å². The quantitative estimate of drug-likeness (QED) is 0.685. The van der Waals surface area contributed by atoms with Crippen molar-refractivity contribution in [2.45, 2.75) is 51.1 Å². The van der Waals surface area contributed by atoms with E-state index in [1.807, 2.05) is 19.1 Å². The summed E-state index contributed by atoms with van der Waals surface area (Å²) in [4.78, 5) is 26.4. The van der Waals surface area contributed by atoms with E-state index >= 15 is 0 Å². The van der Waals surface area contributed by atoms with E-state index in [2.05, 4.69) is 32.5 Å². The molecule has 7 heteroatoms. The van der Waals surface area contributed by atoms with Crippen molar-refractivity contribution in [1.82, 2.24) is 15.0 Å². The first-order valence-electron chi connectivity index (χ1n) is 9.31. The van der Waals surface area contributed by atoms with Crippen LogP contribution in [-0.2, 0) is 6.42 Å². The van der Waals surface area contributed by atoms with E-state index in [0.717, 1.165) is 30.6 Å². The Bertz CT molecular complexity index is 1050. The predicted octanol–water partition coefficient (Wildman–Crippen LogP) is 3.50. The molecule has 3 aromatic heterocycles. The average Bonchev–Trinajstić information content (AvgIpc) is 3.29. The molecule has 0 amide bonds. The zero-order valence-corrected chi connectivity index (χ0v) is 15.4. The van der Waals surface area contributed by atoms with Crippen molar-refractivity contribution in [3.8, 4) is 0 Å². The molecule has 1 saturated carbocycles. The monoisotopic (exact) mass is 363 g/mol. The Balaban J connectivity index is 1.54. The van der Waals surface area contributed by atoms with Gasteiger partial charge in [-0.2, -0.15) is 0 Å². The molecule has 2 aliphatic rings. The first kappa shape index (κ1) is 16.2. The molecule has 0 bridgehead atoms. The molecule has 1 aliphatic heterocycles. The Morgan fingerprint density at radius 1 is 1.33 bits per heavy atom. The number of aromatic nitrogens is 3. The Kier molecular flexibility index (Phi) is 3.47. The van der Waals surface area contributed by atoms with E-state index in [9.17, 15) is 4.79 Å². The zero-order valence-electron chi connectivity index (χ0n) is 15.4. The topological polar surface area (TPSA) is 92.9 Å². The number of anilines is 2. The highest BCUT2D eigenvalue weighted by molar-refractivity contribution is 6.14. The molecule has 4 heterocycles. The van der Waals surface area contributed by atoms with Gasteiger partial charge < -0.3 is 15.1 Å². The summed E-state index contributed by atoms with van der Waals surface area (Å²) in [5.74, 6) is 1.27. The lowest BCUT2D eigenvalue weighted by molar-refractivity contribution is 0.0964. The van der Waals surface area contributed by atoms with Crippen molar-refractivity contribution in [3.05, 3.63) is 41.7 Å². The number of rotatable bonds is 4. The van der Waals surface area contributed by atoms with E-state index < -0.39 is 0 Å². The number of pyridine rings is 1. The van der Waals surface area contributed by atoms with Crippen LogP contribution in [0, 0.1) is 6.92 Å². The van der Waals surface area contributed by atoms with Crippen molar-refractivity contribution >= 4 is 28.4 Å². The number of nitrogens with one attached hydrogen (secondary N) is 2. The second-order valence-electron chi connectivity index (χ2n) is 7.72. The summed E-state index contributed by atoms with van der Waals surface area (Å²) in [7, 11) is 0. The first-order valence-corrected chi connectivity index (χ1v) is 9.31. The highest BCUT2D eigenvalue weighted by Gasteiger charge is 2.39. The van der Waals surface area contributed by atoms with Crippen molar-refractivity contribution in [3.63, 3.8) is 0 Å². The summed E-state index contributed by atoms with van der Waals surface area (Å²) in [5.41, 5.74) is 2.99. The maximum absolute atomic E-state index is 13.4. The molecule has 1 unspecified atom stereocenters. The lowest BCUT2D eigenvalue weighted by Crippen LogP contribution is -2.34. The molecule has 3 aromatic rings. The van der Waals surface area contributed by atoms with Crippen LogP contribution >= 0.6 is 0 Å². The van der Waals surface area contributed by atoms with Crippen LogP contribution in [-0.4, -0.2) is 32.3 Å². The molecule has 0 spiro atoms. The fraction of sp³-hybridized carbons (Fsp3) is 0.400. The van der Waals surface area contributed by atoms with Crippen LogP contribution < -0.4 is 10.6 Å². The fourth-order valence-corrected chi connectivity index (χ4v) is 3.71. The SMILES string of the molecule is Cc1oc2ncnc(NC3(C)CC3)c2c1C(=O)C1CCc2ncccc2N1. The largest absolute Gasteiger partial charge is 0.442 e.